The van der Waals surface area contributed by atoms with Gasteiger partial charge in [-0.05, 0) is 31.5 Å². The van der Waals surface area contributed by atoms with Crippen molar-refractivity contribution in [1.29, 1.82) is 0 Å². The molecule has 0 saturated heterocycles. The SMILES string of the molecule is CCNC[C@@H](N)CCCN=C(N)N[N+](=O)[O-].[B].c1ccncc1. The summed E-state index contributed by atoms with van der Waals surface area (Å²) in [6, 6.07) is 5.80. The molecule has 0 saturated carbocycles. The van der Waals surface area contributed by atoms with Crippen molar-refractivity contribution in [2.24, 2.45) is 16.5 Å². The molecule has 0 fully saturated rings. The van der Waals surface area contributed by atoms with Crippen LogP contribution in [0.15, 0.2) is 35.6 Å². The zero-order valence-corrected chi connectivity index (χ0v) is 13.4. The van der Waals surface area contributed by atoms with E-state index in [1.807, 2.05) is 25.1 Å². The van der Waals surface area contributed by atoms with Crippen LogP contribution in [-0.2, 0) is 0 Å². The molecule has 1 atom stereocenters. The maximum Gasteiger partial charge on any atom is 0.251 e. The molecule has 3 radical (unpaired) electrons. The van der Waals surface area contributed by atoms with Crippen molar-refractivity contribution in [3.63, 3.8) is 0 Å². The van der Waals surface area contributed by atoms with Gasteiger partial charge >= 0.3 is 0 Å². The molecule has 0 amide bonds. The van der Waals surface area contributed by atoms with E-state index in [-0.39, 0.29) is 20.4 Å². The lowest BCUT2D eigenvalue weighted by molar-refractivity contribution is -0.525. The van der Waals surface area contributed by atoms with E-state index in [2.05, 4.69) is 15.3 Å². The molecule has 1 rings (SSSR count). The smallest absolute Gasteiger partial charge is 0.251 e. The molecule has 0 aliphatic carbocycles. The minimum absolute atomic E-state index is 0. The average molecular weight is 322 g/mol. The maximum absolute atomic E-state index is 9.97. The predicted octanol–water partition coefficient (Wildman–Crippen LogP) is -0.500. The van der Waals surface area contributed by atoms with Crippen LogP contribution in [0, 0.1) is 10.1 Å². The lowest BCUT2D eigenvalue weighted by Crippen LogP contribution is -2.36. The largest absolute Gasteiger partial charge is 0.365 e. The van der Waals surface area contributed by atoms with Crippen molar-refractivity contribution in [1.82, 2.24) is 15.7 Å². The molecule has 127 valence electrons. The highest BCUT2D eigenvalue weighted by molar-refractivity contribution is 5.76. The van der Waals surface area contributed by atoms with Gasteiger partial charge in [-0.15, -0.1) is 0 Å². The normalized spacial score (nSPS) is 11.5. The summed E-state index contributed by atoms with van der Waals surface area (Å²) in [6.45, 7) is 4.11. The number of nitrogens with one attached hydrogen (secondary N) is 2. The van der Waals surface area contributed by atoms with Crippen LogP contribution in [0.4, 0.5) is 0 Å². The molecular weight excluding hydrogens is 297 g/mol. The summed E-state index contributed by atoms with van der Waals surface area (Å²) < 4.78 is 0. The van der Waals surface area contributed by atoms with Crippen molar-refractivity contribution >= 4 is 14.4 Å². The van der Waals surface area contributed by atoms with Crippen LogP contribution in [0.5, 0.6) is 0 Å². The van der Waals surface area contributed by atoms with Gasteiger partial charge in [-0.25, -0.2) is 15.1 Å². The number of aromatic nitrogens is 1. The van der Waals surface area contributed by atoms with Gasteiger partial charge < -0.3 is 16.8 Å². The summed E-state index contributed by atoms with van der Waals surface area (Å²) in [5.41, 5.74) is 12.8. The number of pyridine rings is 1. The standard InChI is InChI=1S/C8H20N6O2.C5H5N.B/c1-2-11-6-7(9)4-3-5-12-8(10)13-14(15)16;1-2-4-6-5-3-1;/h7,11H,2-6,9H2,1H3,(H3,10,12,13);1-5H;/t7-;;/m0../s1. The van der Waals surface area contributed by atoms with Crippen molar-refractivity contribution in [2.75, 3.05) is 19.6 Å². The Morgan fingerprint density at radius 1 is 1.39 bits per heavy atom. The van der Waals surface area contributed by atoms with Gasteiger partial charge in [-0.3, -0.25) is 4.98 Å². The summed E-state index contributed by atoms with van der Waals surface area (Å²) in [6.07, 6.45) is 5.06. The minimum Gasteiger partial charge on any atom is -0.365 e. The second-order valence-electron chi connectivity index (χ2n) is 4.37. The van der Waals surface area contributed by atoms with Gasteiger partial charge in [-0.1, -0.05) is 18.4 Å². The quantitative estimate of drug-likeness (QED) is 0.126. The highest BCUT2D eigenvalue weighted by Crippen LogP contribution is 1.93. The van der Waals surface area contributed by atoms with E-state index in [4.69, 9.17) is 11.5 Å². The average Bonchev–Trinajstić information content (AvgIpc) is 2.51. The van der Waals surface area contributed by atoms with Crippen LogP contribution in [0.1, 0.15) is 19.8 Å². The number of nitro groups is 1. The van der Waals surface area contributed by atoms with E-state index in [9.17, 15) is 10.1 Å². The van der Waals surface area contributed by atoms with E-state index in [0.29, 0.717) is 6.54 Å². The number of nitrogens with two attached hydrogens (primary N) is 2. The second-order valence-corrected chi connectivity index (χ2v) is 4.37. The summed E-state index contributed by atoms with van der Waals surface area (Å²) in [5.74, 6) is -0.176. The van der Waals surface area contributed by atoms with E-state index in [0.717, 1.165) is 25.9 Å². The van der Waals surface area contributed by atoms with E-state index >= 15 is 0 Å². The lowest BCUT2D eigenvalue weighted by Gasteiger charge is -2.10. The van der Waals surface area contributed by atoms with Crippen LogP contribution in [0.25, 0.3) is 0 Å². The van der Waals surface area contributed by atoms with Gasteiger partial charge in [0.2, 0.25) is 0 Å². The van der Waals surface area contributed by atoms with Crippen LogP contribution in [-0.4, -0.2) is 50.1 Å². The fourth-order valence-corrected chi connectivity index (χ4v) is 1.43. The number of hydrogen-bond donors (Lipinski definition) is 4. The first-order valence-corrected chi connectivity index (χ1v) is 7.08. The third-order valence-corrected chi connectivity index (χ3v) is 2.44. The van der Waals surface area contributed by atoms with Crippen LogP contribution in [0.3, 0.4) is 0 Å². The molecule has 0 aliphatic heterocycles. The highest BCUT2D eigenvalue weighted by Gasteiger charge is 2.01. The fraction of sp³-hybridized carbons (Fsp3) is 0.538. The Morgan fingerprint density at radius 3 is 2.48 bits per heavy atom. The van der Waals surface area contributed by atoms with Gasteiger partial charge in [0.1, 0.15) is 0 Å². The molecular formula is C13H25BN7O2. The molecule has 0 bridgehead atoms. The molecule has 6 N–H and O–H groups in total. The van der Waals surface area contributed by atoms with E-state index in [1.54, 1.807) is 17.8 Å². The molecule has 1 heterocycles. The first kappa shape index (κ1) is 23.1. The fourth-order valence-electron chi connectivity index (χ4n) is 1.43. The van der Waals surface area contributed by atoms with Crippen molar-refractivity contribution in [2.45, 2.75) is 25.8 Å². The third-order valence-electron chi connectivity index (χ3n) is 2.44. The number of aliphatic imine (C=N–C) groups is 1. The molecule has 0 aromatic carbocycles. The van der Waals surface area contributed by atoms with Gasteiger partial charge in [0.15, 0.2) is 5.03 Å². The molecule has 23 heavy (non-hydrogen) atoms. The maximum atomic E-state index is 9.97. The Labute approximate surface area is 138 Å². The molecule has 1 aromatic rings. The number of hydrogen-bond acceptors (Lipinski definition) is 6. The Kier molecular flexibility index (Phi) is 16.2. The summed E-state index contributed by atoms with van der Waals surface area (Å²) in [4.78, 5) is 17.5. The molecule has 0 aliphatic rings. The lowest BCUT2D eigenvalue weighted by atomic mass is 10.1. The van der Waals surface area contributed by atoms with E-state index < -0.39 is 5.03 Å². The number of hydrazine groups is 1. The number of rotatable bonds is 8. The molecule has 1 aromatic heterocycles. The molecule has 10 heteroatoms. The van der Waals surface area contributed by atoms with Crippen molar-refractivity contribution in [3.8, 4) is 0 Å². The van der Waals surface area contributed by atoms with Crippen LogP contribution < -0.4 is 22.2 Å². The van der Waals surface area contributed by atoms with Crippen LogP contribution >= 0.6 is 0 Å². The van der Waals surface area contributed by atoms with Crippen LogP contribution in [0.2, 0.25) is 0 Å². The Morgan fingerprint density at radius 2 is 2.04 bits per heavy atom. The Bertz CT molecular complexity index is 393. The highest BCUT2D eigenvalue weighted by atomic mass is 16.7. The van der Waals surface area contributed by atoms with Crippen molar-refractivity contribution in [3.05, 3.63) is 40.7 Å². The van der Waals surface area contributed by atoms with Gasteiger partial charge in [-0.2, -0.15) is 0 Å². The number of guanidine groups is 1. The summed E-state index contributed by atoms with van der Waals surface area (Å²) >= 11 is 0. The first-order chi connectivity index (χ1) is 10.6. The second kappa shape index (κ2) is 16.2. The number of nitrogens with zero attached hydrogens (tertiary/aromatic N) is 3. The molecule has 0 unspecified atom stereocenters. The molecule has 9 nitrogen and oxygen atoms in total. The zero-order valence-electron chi connectivity index (χ0n) is 13.4. The summed E-state index contributed by atoms with van der Waals surface area (Å²) in [5, 5.41) is 12.4. The zero-order chi connectivity index (χ0) is 16.6. The molecule has 0 spiro atoms. The monoisotopic (exact) mass is 322 g/mol. The Balaban J connectivity index is 0. The predicted molar refractivity (Wildman–Crippen MR) is 92.4 cm³/mol. The summed E-state index contributed by atoms with van der Waals surface area (Å²) in [7, 11) is 0. The van der Waals surface area contributed by atoms with Gasteiger partial charge in [0, 0.05) is 39.9 Å². The third kappa shape index (κ3) is 17.8. The minimum atomic E-state index is -0.740. The first-order valence-electron chi connectivity index (χ1n) is 7.08. The topological polar surface area (TPSA) is 144 Å². The number of likely N-dealkylation sites (N-methyl/N-ethyl adjacent to an activating group) is 1. The van der Waals surface area contributed by atoms with Crippen molar-refractivity contribution < 1.29 is 5.03 Å². The Hall–Kier alpha value is -2.20. The van der Waals surface area contributed by atoms with E-state index in [1.165, 1.54) is 0 Å². The van der Waals surface area contributed by atoms with Gasteiger partial charge in [0.05, 0.1) is 0 Å². The van der Waals surface area contributed by atoms with Gasteiger partial charge in [0.25, 0.3) is 5.96 Å².